The second-order valence-corrected chi connectivity index (χ2v) is 5.50. The Labute approximate surface area is 105 Å². The molecule has 17 heavy (non-hydrogen) atoms. The lowest BCUT2D eigenvalue weighted by Crippen LogP contribution is -2.36. The highest BCUT2D eigenvalue weighted by molar-refractivity contribution is 7.22. The molecule has 3 nitrogen and oxygen atoms in total. The monoisotopic (exact) mass is 248 g/mol. The zero-order valence-electron chi connectivity index (χ0n) is 10.2. The van der Waals surface area contributed by atoms with Crippen LogP contribution in [0.15, 0.2) is 12.1 Å². The molecule has 1 aromatic carbocycles. The number of benzene rings is 1. The smallest absolute Gasteiger partial charge is 0.186 e. The molecule has 0 aliphatic carbocycles. The van der Waals surface area contributed by atoms with Gasteiger partial charge in [-0.2, -0.15) is 0 Å². The SMILES string of the molecule is Cc1cc(C)c2sc(N3CCOCC3)nc2c1. The topological polar surface area (TPSA) is 25.4 Å². The van der Waals surface area contributed by atoms with Gasteiger partial charge >= 0.3 is 0 Å². The van der Waals surface area contributed by atoms with Crippen LogP contribution in [0.25, 0.3) is 10.2 Å². The quantitative estimate of drug-likeness (QED) is 0.776. The first-order valence-electron chi connectivity index (χ1n) is 5.94. The van der Waals surface area contributed by atoms with Crippen LogP contribution in [-0.2, 0) is 4.74 Å². The zero-order valence-corrected chi connectivity index (χ0v) is 11.0. The fourth-order valence-electron chi connectivity index (χ4n) is 2.25. The third kappa shape index (κ3) is 2.03. The lowest BCUT2D eigenvalue weighted by Gasteiger charge is -2.25. The van der Waals surface area contributed by atoms with Crippen molar-refractivity contribution in [3.8, 4) is 0 Å². The van der Waals surface area contributed by atoms with Crippen molar-refractivity contribution in [3.05, 3.63) is 23.3 Å². The van der Waals surface area contributed by atoms with Gasteiger partial charge in [0, 0.05) is 13.1 Å². The van der Waals surface area contributed by atoms with Gasteiger partial charge in [-0.05, 0) is 31.0 Å². The lowest BCUT2D eigenvalue weighted by molar-refractivity contribution is 0.122. The van der Waals surface area contributed by atoms with Gasteiger partial charge in [0.15, 0.2) is 5.13 Å². The molecule has 1 aliphatic rings. The molecule has 3 rings (SSSR count). The maximum atomic E-state index is 5.37. The number of rotatable bonds is 1. The van der Waals surface area contributed by atoms with Crippen LogP contribution in [0, 0.1) is 13.8 Å². The van der Waals surface area contributed by atoms with E-state index in [1.54, 1.807) is 11.3 Å². The third-order valence-corrected chi connectivity index (χ3v) is 4.36. The van der Waals surface area contributed by atoms with E-state index in [1.165, 1.54) is 15.8 Å². The molecular formula is C13H16N2OS. The molecule has 0 amide bonds. The number of aromatic nitrogens is 1. The van der Waals surface area contributed by atoms with Crippen LogP contribution >= 0.6 is 11.3 Å². The minimum Gasteiger partial charge on any atom is -0.378 e. The highest BCUT2D eigenvalue weighted by atomic mass is 32.1. The molecule has 0 saturated carbocycles. The Balaban J connectivity index is 2.03. The lowest BCUT2D eigenvalue weighted by atomic mass is 10.1. The average molecular weight is 248 g/mol. The number of fused-ring (bicyclic) bond motifs is 1. The molecule has 2 aromatic rings. The van der Waals surface area contributed by atoms with Gasteiger partial charge in [0.25, 0.3) is 0 Å². The molecular weight excluding hydrogens is 232 g/mol. The van der Waals surface area contributed by atoms with Crippen molar-refractivity contribution >= 4 is 26.7 Å². The molecule has 1 fully saturated rings. The Hall–Kier alpha value is -1.13. The Bertz CT molecular complexity index is 544. The van der Waals surface area contributed by atoms with E-state index >= 15 is 0 Å². The summed E-state index contributed by atoms with van der Waals surface area (Å²) in [6.45, 7) is 7.83. The highest BCUT2D eigenvalue weighted by Crippen LogP contribution is 2.32. The fraction of sp³-hybridized carbons (Fsp3) is 0.462. The van der Waals surface area contributed by atoms with Crippen molar-refractivity contribution in [1.82, 2.24) is 4.98 Å². The Morgan fingerprint density at radius 3 is 2.76 bits per heavy atom. The molecule has 0 spiro atoms. The second kappa shape index (κ2) is 4.27. The number of nitrogens with zero attached hydrogens (tertiary/aromatic N) is 2. The van der Waals surface area contributed by atoms with E-state index in [9.17, 15) is 0 Å². The van der Waals surface area contributed by atoms with Gasteiger partial charge < -0.3 is 9.64 Å². The molecule has 4 heteroatoms. The summed E-state index contributed by atoms with van der Waals surface area (Å²) in [5.41, 5.74) is 3.75. The second-order valence-electron chi connectivity index (χ2n) is 4.53. The summed E-state index contributed by atoms with van der Waals surface area (Å²) in [7, 11) is 0. The molecule has 0 bridgehead atoms. The number of morpholine rings is 1. The largest absolute Gasteiger partial charge is 0.378 e. The highest BCUT2D eigenvalue weighted by Gasteiger charge is 2.16. The first-order chi connectivity index (χ1) is 8.24. The van der Waals surface area contributed by atoms with Crippen molar-refractivity contribution in [2.24, 2.45) is 0 Å². The van der Waals surface area contributed by atoms with Crippen LogP contribution in [0.1, 0.15) is 11.1 Å². The summed E-state index contributed by atoms with van der Waals surface area (Å²) in [6.07, 6.45) is 0. The molecule has 0 radical (unpaired) electrons. The summed E-state index contributed by atoms with van der Waals surface area (Å²) in [5.74, 6) is 0. The summed E-state index contributed by atoms with van der Waals surface area (Å²) in [5, 5.41) is 1.14. The van der Waals surface area contributed by atoms with E-state index < -0.39 is 0 Å². The molecule has 0 N–H and O–H groups in total. The molecule has 1 aromatic heterocycles. The average Bonchev–Trinajstić information content (AvgIpc) is 2.74. The van der Waals surface area contributed by atoms with E-state index in [4.69, 9.17) is 9.72 Å². The number of ether oxygens (including phenoxy) is 1. The van der Waals surface area contributed by atoms with Gasteiger partial charge in [-0.3, -0.25) is 0 Å². The predicted octanol–water partition coefficient (Wildman–Crippen LogP) is 2.75. The summed E-state index contributed by atoms with van der Waals surface area (Å²) >= 11 is 1.80. The van der Waals surface area contributed by atoms with Gasteiger partial charge in [-0.25, -0.2) is 4.98 Å². The van der Waals surface area contributed by atoms with Gasteiger partial charge in [0.1, 0.15) is 0 Å². The van der Waals surface area contributed by atoms with Crippen molar-refractivity contribution in [2.45, 2.75) is 13.8 Å². The number of anilines is 1. The fourth-order valence-corrected chi connectivity index (χ4v) is 3.32. The minimum atomic E-state index is 0.813. The van der Waals surface area contributed by atoms with Crippen molar-refractivity contribution in [3.63, 3.8) is 0 Å². The first kappa shape index (κ1) is 11.0. The molecule has 1 saturated heterocycles. The number of hydrogen-bond acceptors (Lipinski definition) is 4. The minimum absolute atomic E-state index is 0.813. The van der Waals surface area contributed by atoms with Crippen LogP contribution in [0.2, 0.25) is 0 Å². The molecule has 90 valence electrons. The maximum absolute atomic E-state index is 5.37. The van der Waals surface area contributed by atoms with Crippen molar-refractivity contribution in [2.75, 3.05) is 31.2 Å². The molecule has 2 heterocycles. The van der Waals surface area contributed by atoms with Crippen LogP contribution in [0.3, 0.4) is 0 Å². The Morgan fingerprint density at radius 2 is 2.00 bits per heavy atom. The maximum Gasteiger partial charge on any atom is 0.186 e. The van der Waals surface area contributed by atoms with Gasteiger partial charge in [-0.1, -0.05) is 17.4 Å². The van der Waals surface area contributed by atoms with E-state index in [-0.39, 0.29) is 0 Å². The molecule has 1 aliphatic heterocycles. The summed E-state index contributed by atoms with van der Waals surface area (Å²) in [4.78, 5) is 7.07. The van der Waals surface area contributed by atoms with E-state index in [1.807, 2.05) is 0 Å². The molecule has 0 unspecified atom stereocenters. The van der Waals surface area contributed by atoms with E-state index in [0.29, 0.717) is 0 Å². The van der Waals surface area contributed by atoms with Crippen LogP contribution in [0.4, 0.5) is 5.13 Å². The van der Waals surface area contributed by atoms with Gasteiger partial charge in [-0.15, -0.1) is 0 Å². The van der Waals surface area contributed by atoms with Crippen LogP contribution in [-0.4, -0.2) is 31.3 Å². The first-order valence-corrected chi connectivity index (χ1v) is 6.76. The molecule has 0 atom stereocenters. The number of thiazole rings is 1. The zero-order chi connectivity index (χ0) is 11.8. The van der Waals surface area contributed by atoms with Crippen LogP contribution in [0.5, 0.6) is 0 Å². The number of aryl methyl sites for hydroxylation is 2. The predicted molar refractivity (Wildman–Crippen MR) is 72.1 cm³/mol. The summed E-state index contributed by atoms with van der Waals surface area (Å²) < 4.78 is 6.69. The number of hydrogen-bond donors (Lipinski definition) is 0. The van der Waals surface area contributed by atoms with E-state index in [0.717, 1.165) is 37.0 Å². The van der Waals surface area contributed by atoms with Gasteiger partial charge in [0.05, 0.1) is 23.4 Å². The van der Waals surface area contributed by atoms with E-state index in [2.05, 4.69) is 30.9 Å². The Kier molecular flexibility index (Phi) is 2.76. The normalized spacial score (nSPS) is 16.7. The standard InChI is InChI=1S/C13H16N2OS/c1-9-7-10(2)12-11(8-9)14-13(17-12)15-3-5-16-6-4-15/h7-8H,3-6H2,1-2H3. The Morgan fingerprint density at radius 1 is 1.24 bits per heavy atom. The summed E-state index contributed by atoms with van der Waals surface area (Å²) in [6, 6.07) is 4.40. The third-order valence-electron chi connectivity index (χ3n) is 3.09. The van der Waals surface area contributed by atoms with Crippen molar-refractivity contribution < 1.29 is 4.74 Å². The van der Waals surface area contributed by atoms with Gasteiger partial charge in [0.2, 0.25) is 0 Å². The van der Waals surface area contributed by atoms with Crippen molar-refractivity contribution in [1.29, 1.82) is 0 Å². The van der Waals surface area contributed by atoms with Crippen LogP contribution < -0.4 is 4.90 Å².